The predicted octanol–water partition coefficient (Wildman–Crippen LogP) is 2.81. The zero-order valence-corrected chi connectivity index (χ0v) is 21.5. The van der Waals surface area contributed by atoms with Gasteiger partial charge in [-0.2, -0.15) is 0 Å². The zero-order valence-electron chi connectivity index (χ0n) is 20.8. The SMILES string of the molecule is CC(C)N(CCO)CC(C(=O)N1CCN(c2ncnc3c2[C@H](C)C[C@H]3O)CC1)c1ccc(Cl)cc1. The molecule has 0 spiro atoms. The Labute approximate surface area is 212 Å². The fraction of sp³-hybridized carbons (Fsp3) is 0.577. The van der Waals surface area contributed by atoms with Gasteiger partial charge in [0.05, 0.1) is 24.3 Å². The van der Waals surface area contributed by atoms with Crippen molar-refractivity contribution in [2.24, 2.45) is 0 Å². The summed E-state index contributed by atoms with van der Waals surface area (Å²) in [5.41, 5.74) is 2.71. The number of rotatable bonds is 8. The third-order valence-electron chi connectivity index (χ3n) is 7.27. The highest BCUT2D eigenvalue weighted by molar-refractivity contribution is 6.30. The average molecular weight is 502 g/mol. The van der Waals surface area contributed by atoms with Gasteiger partial charge >= 0.3 is 0 Å². The Bertz CT molecular complexity index is 1010. The van der Waals surface area contributed by atoms with E-state index in [1.54, 1.807) is 0 Å². The fourth-order valence-electron chi connectivity index (χ4n) is 5.26. The minimum atomic E-state index is -0.535. The van der Waals surface area contributed by atoms with Crippen molar-refractivity contribution in [1.82, 2.24) is 19.8 Å². The molecule has 0 bridgehead atoms. The molecule has 1 aliphatic carbocycles. The van der Waals surface area contributed by atoms with E-state index in [1.165, 1.54) is 6.33 Å². The maximum absolute atomic E-state index is 13.8. The summed E-state index contributed by atoms with van der Waals surface area (Å²) in [6.45, 7) is 9.91. The smallest absolute Gasteiger partial charge is 0.231 e. The zero-order chi connectivity index (χ0) is 25.1. The van der Waals surface area contributed by atoms with E-state index in [9.17, 15) is 15.0 Å². The van der Waals surface area contributed by atoms with Gasteiger partial charge in [0, 0.05) is 55.9 Å². The summed E-state index contributed by atoms with van der Waals surface area (Å²) in [7, 11) is 0. The molecule has 3 atom stereocenters. The Balaban J connectivity index is 1.50. The Hall–Kier alpha value is -2.26. The number of aliphatic hydroxyl groups excluding tert-OH is 2. The molecule has 35 heavy (non-hydrogen) atoms. The number of benzene rings is 1. The second-order valence-corrected chi connectivity index (χ2v) is 10.3. The quantitative estimate of drug-likeness (QED) is 0.574. The van der Waals surface area contributed by atoms with Crippen LogP contribution in [-0.4, -0.2) is 87.8 Å². The van der Waals surface area contributed by atoms with E-state index in [-0.39, 0.29) is 30.4 Å². The number of nitrogens with zero attached hydrogens (tertiary/aromatic N) is 5. The molecule has 2 N–H and O–H groups in total. The van der Waals surface area contributed by atoms with E-state index in [4.69, 9.17) is 11.6 Å². The number of aromatic nitrogens is 2. The molecule has 2 aromatic rings. The number of hydrogen-bond acceptors (Lipinski definition) is 7. The molecule has 1 amide bonds. The largest absolute Gasteiger partial charge is 0.395 e. The molecule has 2 aliphatic rings. The van der Waals surface area contributed by atoms with Crippen LogP contribution in [0.25, 0.3) is 0 Å². The first-order valence-corrected chi connectivity index (χ1v) is 12.8. The van der Waals surface area contributed by atoms with Crippen LogP contribution in [0.15, 0.2) is 30.6 Å². The number of carbonyl (C=O) groups excluding carboxylic acids is 1. The highest BCUT2D eigenvalue weighted by atomic mass is 35.5. The van der Waals surface area contributed by atoms with Gasteiger partial charge in [-0.25, -0.2) is 9.97 Å². The Morgan fingerprint density at radius 2 is 1.86 bits per heavy atom. The number of halogens is 1. The first-order valence-electron chi connectivity index (χ1n) is 12.5. The third kappa shape index (κ3) is 5.61. The van der Waals surface area contributed by atoms with E-state index in [2.05, 4.69) is 40.5 Å². The predicted molar refractivity (Wildman–Crippen MR) is 137 cm³/mol. The van der Waals surface area contributed by atoms with Gasteiger partial charge < -0.3 is 20.0 Å². The summed E-state index contributed by atoms with van der Waals surface area (Å²) >= 11 is 6.11. The monoisotopic (exact) mass is 501 g/mol. The molecule has 190 valence electrons. The van der Waals surface area contributed by atoms with E-state index in [0.29, 0.717) is 50.7 Å². The molecule has 2 heterocycles. The molecular formula is C26H36ClN5O3. The first-order chi connectivity index (χ1) is 16.8. The van der Waals surface area contributed by atoms with Crippen LogP contribution in [0.4, 0.5) is 5.82 Å². The molecule has 1 saturated heterocycles. The van der Waals surface area contributed by atoms with Gasteiger partial charge in [0.2, 0.25) is 5.91 Å². The molecule has 9 heteroatoms. The first kappa shape index (κ1) is 25.8. The Morgan fingerprint density at radius 1 is 1.17 bits per heavy atom. The van der Waals surface area contributed by atoms with Gasteiger partial charge in [-0.3, -0.25) is 9.69 Å². The van der Waals surface area contributed by atoms with Crippen LogP contribution in [0.5, 0.6) is 0 Å². The normalized spacial score (nSPS) is 21.0. The molecular weight excluding hydrogens is 466 g/mol. The molecule has 0 saturated carbocycles. The molecule has 8 nitrogen and oxygen atoms in total. The van der Waals surface area contributed by atoms with Crippen molar-refractivity contribution < 1.29 is 15.0 Å². The Kier molecular flexibility index (Phi) is 8.27. The summed E-state index contributed by atoms with van der Waals surface area (Å²) in [5, 5.41) is 20.5. The minimum Gasteiger partial charge on any atom is -0.395 e. The van der Waals surface area contributed by atoms with Crippen molar-refractivity contribution in [1.29, 1.82) is 0 Å². The third-order valence-corrected chi connectivity index (χ3v) is 7.53. The van der Waals surface area contributed by atoms with Gasteiger partial charge in [-0.15, -0.1) is 0 Å². The summed E-state index contributed by atoms with van der Waals surface area (Å²) < 4.78 is 0. The van der Waals surface area contributed by atoms with Gasteiger partial charge in [0.25, 0.3) is 0 Å². The summed E-state index contributed by atoms with van der Waals surface area (Å²) in [6, 6.07) is 7.71. The summed E-state index contributed by atoms with van der Waals surface area (Å²) in [5.74, 6) is 0.839. The van der Waals surface area contributed by atoms with Crippen molar-refractivity contribution in [3.05, 3.63) is 52.4 Å². The lowest BCUT2D eigenvalue weighted by atomic mass is 9.95. The second kappa shape index (κ2) is 11.2. The summed E-state index contributed by atoms with van der Waals surface area (Å²) in [6.07, 6.45) is 1.67. The highest BCUT2D eigenvalue weighted by Crippen LogP contribution is 2.42. The topological polar surface area (TPSA) is 93.0 Å². The molecule has 1 unspecified atom stereocenters. The van der Waals surface area contributed by atoms with Crippen LogP contribution in [0.3, 0.4) is 0 Å². The van der Waals surface area contributed by atoms with Gasteiger partial charge in [0.15, 0.2) is 0 Å². The Morgan fingerprint density at radius 3 is 2.49 bits per heavy atom. The van der Waals surface area contributed by atoms with Crippen LogP contribution >= 0.6 is 11.6 Å². The number of fused-ring (bicyclic) bond motifs is 1. The van der Waals surface area contributed by atoms with Crippen molar-refractivity contribution >= 4 is 23.3 Å². The molecule has 1 fully saturated rings. The fourth-order valence-corrected chi connectivity index (χ4v) is 5.38. The molecule has 1 aromatic heterocycles. The highest BCUT2D eigenvalue weighted by Gasteiger charge is 2.35. The number of carbonyl (C=O) groups is 1. The standard InChI is InChI=1S/C26H36ClN5O3/c1-17(2)32(12-13-33)15-21(19-4-6-20(27)7-5-19)26(35)31-10-8-30(9-11-31)25-23-18(3)14-22(34)24(23)28-16-29-25/h4-7,16-18,21-22,33-34H,8-15H2,1-3H3/t18-,21?,22-/m1/s1. The average Bonchev–Trinajstić information content (AvgIpc) is 3.15. The summed E-state index contributed by atoms with van der Waals surface area (Å²) in [4.78, 5) is 29.0. The maximum atomic E-state index is 13.8. The van der Waals surface area contributed by atoms with Crippen molar-refractivity contribution in [3.8, 4) is 0 Å². The lowest BCUT2D eigenvalue weighted by molar-refractivity contribution is -0.133. The molecule has 1 aliphatic heterocycles. The van der Waals surface area contributed by atoms with Gasteiger partial charge in [-0.05, 0) is 43.9 Å². The van der Waals surface area contributed by atoms with Crippen LogP contribution in [-0.2, 0) is 4.79 Å². The molecule has 1 aromatic carbocycles. The molecule has 0 radical (unpaired) electrons. The number of piperazine rings is 1. The van der Waals surface area contributed by atoms with Crippen LogP contribution in [0.1, 0.15) is 62.0 Å². The number of hydrogen-bond donors (Lipinski definition) is 2. The van der Waals surface area contributed by atoms with Crippen LogP contribution < -0.4 is 4.90 Å². The van der Waals surface area contributed by atoms with Crippen LogP contribution in [0, 0.1) is 0 Å². The van der Waals surface area contributed by atoms with Crippen LogP contribution in [0.2, 0.25) is 5.02 Å². The minimum absolute atomic E-state index is 0.0504. The maximum Gasteiger partial charge on any atom is 0.231 e. The number of amides is 1. The van der Waals surface area contributed by atoms with E-state index >= 15 is 0 Å². The lowest BCUT2D eigenvalue weighted by Crippen LogP contribution is -2.52. The number of aliphatic hydroxyl groups is 2. The van der Waals surface area contributed by atoms with E-state index < -0.39 is 6.10 Å². The number of anilines is 1. The van der Waals surface area contributed by atoms with Crippen molar-refractivity contribution in [2.45, 2.75) is 51.2 Å². The van der Waals surface area contributed by atoms with Gasteiger partial charge in [0.1, 0.15) is 12.1 Å². The van der Waals surface area contributed by atoms with E-state index in [1.807, 2.05) is 29.2 Å². The second-order valence-electron chi connectivity index (χ2n) is 9.88. The van der Waals surface area contributed by atoms with Gasteiger partial charge in [-0.1, -0.05) is 30.7 Å². The van der Waals surface area contributed by atoms with Crippen molar-refractivity contribution in [2.75, 3.05) is 50.8 Å². The van der Waals surface area contributed by atoms with Crippen molar-refractivity contribution in [3.63, 3.8) is 0 Å². The lowest BCUT2D eigenvalue weighted by Gasteiger charge is -2.39. The molecule has 4 rings (SSSR count). The van der Waals surface area contributed by atoms with E-state index in [0.717, 1.165) is 22.6 Å².